The SMILES string of the molecule is c1ccc(-c2nc(-c3ccc(-c4ccc5c(c4)Oc4ccccc4C5(c4ccccc4)c4ccccc4)cc3)nc(-c3ccccc3-c3ccccc3)n2)cc1. The van der Waals surface area contributed by atoms with E-state index in [9.17, 15) is 0 Å². The van der Waals surface area contributed by atoms with Crippen LogP contribution in [0.5, 0.6) is 11.5 Å². The van der Waals surface area contributed by atoms with Gasteiger partial charge >= 0.3 is 0 Å². The van der Waals surface area contributed by atoms with Crippen molar-refractivity contribution in [1.29, 1.82) is 0 Å². The van der Waals surface area contributed by atoms with E-state index in [-0.39, 0.29) is 0 Å². The Morgan fingerprint density at radius 2 is 0.750 bits per heavy atom. The van der Waals surface area contributed by atoms with Crippen LogP contribution in [-0.2, 0) is 5.41 Å². The standard InChI is InChI=1S/C52H35N3O/c1-5-17-37(18-6-1)43-25-13-14-26-44(43)51-54-49(38-19-7-2-8-20-38)53-50(55-51)39-31-29-36(30-32-39)40-33-34-46-48(35-40)56-47-28-16-15-27-45(47)52(46,41-21-9-3-10-22-41)42-23-11-4-12-24-42/h1-35H. The van der Waals surface area contributed by atoms with Crippen molar-refractivity contribution in [3.63, 3.8) is 0 Å². The maximum atomic E-state index is 6.76. The van der Waals surface area contributed by atoms with Gasteiger partial charge < -0.3 is 4.74 Å². The quantitative estimate of drug-likeness (QED) is 0.165. The fraction of sp³-hybridized carbons (Fsp3) is 0.0192. The molecule has 4 heteroatoms. The van der Waals surface area contributed by atoms with Crippen LogP contribution >= 0.6 is 0 Å². The van der Waals surface area contributed by atoms with E-state index in [0.717, 1.165) is 61.6 Å². The molecule has 0 saturated heterocycles. The summed E-state index contributed by atoms with van der Waals surface area (Å²) in [5.41, 5.74) is 11.2. The molecular weight excluding hydrogens is 683 g/mol. The molecule has 4 nitrogen and oxygen atoms in total. The van der Waals surface area contributed by atoms with Gasteiger partial charge in [0.2, 0.25) is 0 Å². The number of nitrogens with zero attached hydrogens (tertiary/aromatic N) is 3. The molecule has 0 bridgehead atoms. The molecule has 0 atom stereocenters. The van der Waals surface area contributed by atoms with Crippen molar-refractivity contribution in [3.8, 4) is 67.9 Å². The summed E-state index contributed by atoms with van der Waals surface area (Å²) in [6, 6.07) is 73.8. The number of hydrogen-bond acceptors (Lipinski definition) is 4. The molecule has 1 aromatic heterocycles. The maximum Gasteiger partial charge on any atom is 0.164 e. The average Bonchev–Trinajstić information content (AvgIpc) is 3.29. The molecule has 8 aromatic carbocycles. The second-order valence-electron chi connectivity index (χ2n) is 14.0. The lowest BCUT2D eigenvalue weighted by Crippen LogP contribution is -2.34. The van der Waals surface area contributed by atoms with Crippen molar-refractivity contribution in [2.24, 2.45) is 0 Å². The first kappa shape index (κ1) is 33.2. The number of fused-ring (bicyclic) bond motifs is 2. The minimum Gasteiger partial charge on any atom is -0.457 e. The smallest absolute Gasteiger partial charge is 0.164 e. The fourth-order valence-corrected chi connectivity index (χ4v) is 8.09. The van der Waals surface area contributed by atoms with Crippen molar-refractivity contribution in [2.75, 3.05) is 0 Å². The molecule has 0 aliphatic carbocycles. The van der Waals surface area contributed by atoms with Crippen LogP contribution in [0.3, 0.4) is 0 Å². The highest BCUT2D eigenvalue weighted by Gasteiger charge is 2.45. The monoisotopic (exact) mass is 717 g/mol. The van der Waals surface area contributed by atoms with E-state index in [2.05, 4.69) is 164 Å². The molecule has 0 radical (unpaired) electrons. The van der Waals surface area contributed by atoms with Crippen LogP contribution in [0.15, 0.2) is 212 Å². The number of rotatable bonds is 7. The van der Waals surface area contributed by atoms with E-state index in [0.29, 0.717) is 17.5 Å². The van der Waals surface area contributed by atoms with Crippen molar-refractivity contribution in [1.82, 2.24) is 15.0 Å². The predicted molar refractivity (Wildman–Crippen MR) is 225 cm³/mol. The number of para-hydroxylation sites is 1. The van der Waals surface area contributed by atoms with Gasteiger partial charge in [-0.15, -0.1) is 0 Å². The summed E-state index contributed by atoms with van der Waals surface area (Å²) >= 11 is 0. The summed E-state index contributed by atoms with van der Waals surface area (Å²) in [6.45, 7) is 0. The topological polar surface area (TPSA) is 47.9 Å². The van der Waals surface area contributed by atoms with Crippen LogP contribution in [0.2, 0.25) is 0 Å². The van der Waals surface area contributed by atoms with Gasteiger partial charge in [-0.05, 0) is 45.5 Å². The molecular formula is C52H35N3O. The van der Waals surface area contributed by atoms with Crippen LogP contribution < -0.4 is 4.74 Å². The van der Waals surface area contributed by atoms with Crippen LogP contribution in [0.25, 0.3) is 56.4 Å². The van der Waals surface area contributed by atoms with E-state index in [1.165, 1.54) is 11.1 Å². The third kappa shape index (κ3) is 5.76. The summed E-state index contributed by atoms with van der Waals surface area (Å²) in [6.07, 6.45) is 0. The largest absolute Gasteiger partial charge is 0.457 e. The van der Waals surface area contributed by atoms with Crippen molar-refractivity contribution in [3.05, 3.63) is 235 Å². The molecule has 0 unspecified atom stereocenters. The Balaban J connectivity index is 1.07. The molecule has 9 aromatic rings. The predicted octanol–water partition coefficient (Wildman–Crippen LogP) is 12.7. The van der Waals surface area contributed by atoms with Gasteiger partial charge in [0.25, 0.3) is 0 Å². The lowest BCUT2D eigenvalue weighted by molar-refractivity contribution is 0.435. The van der Waals surface area contributed by atoms with Gasteiger partial charge in [0.05, 0.1) is 5.41 Å². The van der Waals surface area contributed by atoms with Crippen LogP contribution in [0, 0.1) is 0 Å². The van der Waals surface area contributed by atoms with Crippen molar-refractivity contribution < 1.29 is 4.74 Å². The molecule has 0 N–H and O–H groups in total. The highest BCUT2D eigenvalue weighted by Crippen LogP contribution is 2.55. The maximum absolute atomic E-state index is 6.76. The first-order valence-electron chi connectivity index (χ1n) is 18.9. The molecule has 0 amide bonds. The lowest BCUT2D eigenvalue weighted by Gasteiger charge is -2.41. The Morgan fingerprint density at radius 3 is 1.39 bits per heavy atom. The molecule has 0 spiro atoms. The second kappa shape index (κ2) is 14.1. The second-order valence-corrected chi connectivity index (χ2v) is 14.0. The molecule has 0 fully saturated rings. The number of benzene rings is 8. The molecule has 0 saturated carbocycles. The summed E-state index contributed by atoms with van der Waals surface area (Å²) in [7, 11) is 0. The van der Waals surface area contributed by atoms with Gasteiger partial charge in [0.15, 0.2) is 17.5 Å². The Kier molecular flexibility index (Phi) is 8.34. The molecule has 2 heterocycles. The van der Waals surface area contributed by atoms with Crippen LogP contribution in [0.4, 0.5) is 0 Å². The van der Waals surface area contributed by atoms with Gasteiger partial charge in [-0.1, -0.05) is 200 Å². The summed E-state index contributed by atoms with van der Waals surface area (Å²) in [5, 5.41) is 0. The third-order valence-corrected chi connectivity index (χ3v) is 10.7. The zero-order valence-electron chi connectivity index (χ0n) is 30.5. The highest BCUT2D eigenvalue weighted by molar-refractivity contribution is 5.82. The number of ether oxygens (including phenoxy) is 1. The van der Waals surface area contributed by atoms with E-state index in [4.69, 9.17) is 19.7 Å². The van der Waals surface area contributed by atoms with Crippen molar-refractivity contribution >= 4 is 0 Å². The van der Waals surface area contributed by atoms with E-state index < -0.39 is 5.41 Å². The molecule has 1 aliphatic rings. The Labute approximate surface area is 326 Å². The van der Waals surface area contributed by atoms with Crippen molar-refractivity contribution in [2.45, 2.75) is 5.41 Å². The minimum atomic E-state index is -0.554. The normalized spacial score (nSPS) is 12.6. The van der Waals surface area contributed by atoms with E-state index in [1.54, 1.807) is 0 Å². The summed E-state index contributed by atoms with van der Waals surface area (Å²) < 4.78 is 6.76. The first-order valence-corrected chi connectivity index (χ1v) is 18.9. The molecule has 1 aliphatic heterocycles. The van der Waals surface area contributed by atoms with Gasteiger partial charge in [-0.3, -0.25) is 0 Å². The Bertz CT molecular complexity index is 2770. The molecule has 56 heavy (non-hydrogen) atoms. The Morgan fingerprint density at radius 1 is 0.304 bits per heavy atom. The molecule has 264 valence electrons. The average molecular weight is 718 g/mol. The van der Waals surface area contributed by atoms with Crippen LogP contribution in [0.1, 0.15) is 22.3 Å². The summed E-state index contributed by atoms with van der Waals surface area (Å²) in [5.74, 6) is 3.57. The van der Waals surface area contributed by atoms with Gasteiger partial charge in [0, 0.05) is 27.8 Å². The zero-order chi connectivity index (χ0) is 37.3. The van der Waals surface area contributed by atoms with E-state index in [1.807, 2.05) is 48.5 Å². The van der Waals surface area contributed by atoms with E-state index >= 15 is 0 Å². The zero-order valence-corrected chi connectivity index (χ0v) is 30.5. The number of hydrogen-bond donors (Lipinski definition) is 0. The van der Waals surface area contributed by atoms with Gasteiger partial charge in [0.1, 0.15) is 11.5 Å². The summed E-state index contributed by atoms with van der Waals surface area (Å²) in [4.78, 5) is 15.1. The van der Waals surface area contributed by atoms with Gasteiger partial charge in [-0.25, -0.2) is 15.0 Å². The molecule has 10 rings (SSSR count). The third-order valence-electron chi connectivity index (χ3n) is 10.7. The fourth-order valence-electron chi connectivity index (χ4n) is 8.09. The van der Waals surface area contributed by atoms with Crippen LogP contribution in [-0.4, -0.2) is 15.0 Å². The van der Waals surface area contributed by atoms with Gasteiger partial charge in [-0.2, -0.15) is 0 Å². The minimum absolute atomic E-state index is 0.554. The number of aromatic nitrogens is 3. The lowest BCUT2D eigenvalue weighted by atomic mass is 9.63. The Hall–Kier alpha value is -7.43. The highest BCUT2D eigenvalue weighted by atomic mass is 16.5. The first-order chi connectivity index (χ1) is 27.8.